The zero-order chi connectivity index (χ0) is 9.03. The van der Waals surface area contributed by atoms with Crippen LogP contribution < -0.4 is 0 Å². The fraction of sp³-hybridized carbons (Fsp3) is 1.00. The molecular weight excluding hydrogens is 220 g/mol. The first kappa shape index (κ1) is 10.5. The molecule has 0 aromatic carbocycles. The largest absolute Gasteiger partial charge is 0.350 e. The molecule has 2 nitrogen and oxygen atoms in total. The van der Waals surface area contributed by atoms with Crippen LogP contribution in [0.25, 0.3) is 0 Å². The molecule has 0 N–H and O–H groups in total. The maximum atomic E-state index is 5.36. The van der Waals surface area contributed by atoms with Crippen LogP contribution in [0.3, 0.4) is 0 Å². The summed E-state index contributed by atoms with van der Waals surface area (Å²) in [4.78, 5) is 0. The summed E-state index contributed by atoms with van der Waals surface area (Å²) in [5.41, 5.74) is 0.356. The zero-order valence-electron chi connectivity index (χ0n) is 7.81. The smallest absolute Gasteiger partial charge is 0.157 e. The Bertz CT molecular complexity index is 130. The summed E-state index contributed by atoms with van der Waals surface area (Å²) in [5, 5.41) is 1.03. The van der Waals surface area contributed by atoms with Crippen LogP contribution in [0.15, 0.2) is 0 Å². The van der Waals surface area contributed by atoms with Crippen LogP contribution in [0.1, 0.15) is 26.7 Å². The predicted molar refractivity (Wildman–Crippen MR) is 52.5 cm³/mol. The molecule has 0 amide bonds. The second-order valence-corrected chi connectivity index (χ2v) is 4.57. The molecule has 0 spiro atoms. The molecule has 1 aliphatic heterocycles. The van der Waals surface area contributed by atoms with Crippen LogP contribution in [0, 0.1) is 5.41 Å². The SMILES string of the molecule is CC(C)(CBr)CCC1OCCO1. The molecule has 0 bridgehead atoms. The van der Waals surface area contributed by atoms with Gasteiger partial charge < -0.3 is 9.47 Å². The first-order valence-electron chi connectivity index (χ1n) is 4.43. The third-order valence-electron chi connectivity index (χ3n) is 2.11. The maximum Gasteiger partial charge on any atom is 0.157 e. The van der Waals surface area contributed by atoms with Crippen molar-refractivity contribution in [3.8, 4) is 0 Å². The molecule has 3 heteroatoms. The lowest BCUT2D eigenvalue weighted by molar-refractivity contribution is -0.0522. The summed E-state index contributed by atoms with van der Waals surface area (Å²) >= 11 is 3.50. The van der Waals surface area contributed by atoms with Gasteiger partial charge in [-0.15, -0.1) is 0 Å². The molecule has 0 unspecified atom stereocenters. The highest BCUT2D eigenvalue weighted by atomic mass is 79.9. The second kappa shape index (κ2) is 4.58. The van der Waals surface area contributed by atoms with Gasteiger partial charge >= 0.3 is 0 Å². The molecule has 0 aromatic heterocycles. The molecule has 1 aliphatic rings. The average Bonchev–Trinajstić information content (AvgIpc) is 2.53. The standard InChI is InChI=1S/C9H17BrO2/c1-9(2,7-10)4-3-8-11-5-6-12-8/h8H,3-7H2,1-2H3. The molecule has 1 saturated heterocycles. The van der Waals surface area contributed by atoms with Crippen LogP contribution in [-0.2, 0) is 9.47 Å². The van der Waals surface area contributed by atoms with Crippen molar-refractivity contribution in [2.75, 3.05) is 18.5 Å². The summed E-state index contributed by atoms with van der Waals surface area (Å²) in [7, 11) is 0. The Hall–Kier alpha value is 0.400. The zero-order valence-corrected chi connectivity index (χ0v) is 9.39. The quantitative estimate of drug-likeness (QED) is 0.699. The minimum absolute atomic E-state index is 0.0586. The minimum atomic E-state index is 0.0586. The predicted octanol–water partition coefficient (Wildman–Crippen LogP) is 2.56. The topological polar surface area (TPSA) is 18.5 Å². The first-order chi connectivity index (χ1) is 5.64. The lowest BCUT2D eigenvalue weighted by Gasteiger charge is -2.22. The van der Waals surface area contributed by atoms with Crippen molar-refractivity contribution in [3.63, 3.8) is 0 Å². The summed E-state index contributed by atoms with van der Waals surface area (Å²) < 4.78 is 10.7. The first-order valence-corrected chi connectivity index (χ1v) is 5.55. The molecule has 0 saturated carbocycles. The van der Waals surface area contributed by atoms with Crippen LogP contribution in [0.2, 0.25) is 0 Å². The molecule has 0 atom stereocenters. The Labute approximate surface area is 82.7 Å². The third-order valence-corrected chi connectivity index (χ3v) is 3.63. The van der Waals surface area contributed by atoms with E-state index >= 15 is 0 Å². The lowest BCUT2D eigenvalue weighted by Crippen LogP contribution is -2.17. The van der Waals surface area contributed by atoms with E-state index in [0.29, 0.717) is 5.41 Å². The van der Waals surface area contributed by atoms with Gasteiger partial charge in [-0.25, -0.2) is 0 Å². The van der Waals surface area contributed by atoms with Gasteiger partial charge in [-0.05, 0) is 18.3 Å². The second-order valence-electron chi connectivity index (χ2n) is 4.01. The molecule has 1 fully saturated rings. The van der Waals surface area contributed by atoms with Crippen LogP contribution in [0.4, 0.5) is 0 Å². The number of rotatable bonds is 4. The molecule has 12 heavy (non-hydrogen) atoms. The molecule has 0 aliphatic carbocycles. The number of halogens is 1. The Kier molecular flexibility index (Phi) is 4.00. The highest BCUT2D eigenvalue weighted by molar-refractivity contribution is 9.09. The van der Waals surface area contributed by atoms with Crippen molar-refractivity contribution in [2.24, 2.45) is 5.41 Å². The van der Waals surface area contributed by atoms with Gasteiger partial charge in [-0.2, -0.15) is 0 Å². The molecule has 0 aromatic rings. The van der Waals surface area contributed by atoms with E-state index in [9.17, 15) is 0 Å². The van der Waals surface area contributed by atoms with Crippen molar-refractivity contribution in [1.29, 1.82) is 0 Å². The van der Waals surface area contributed by atoms with E-state index in [-0.39, 0.29) is 6.29 Å². The maximum absolute atomic E-state index is 5.36. The van der Waals surface area contributed by atoms with E-state index in [0.717, 1.165) is 31.4 Å². The van der Waals surface area contributed by atoms with E-state index in [2.05, 4.69) is 29.8 Å². The molecule has 0 radical (unpaired) electrons. The van der Waals surface area contributed by atoms with E-state index < -0.39 is 0 Å². The molecular formula is C9H17BrO2. The molecule has 1 heterocycles. The Morgan fingerprint density at radius 1 is 1.33 bits per heavy atom. The van der Waals surface area contributed by atoms with Crippen LogP contribution in [-0.4, -0.2) is 24.8 Å². The Balaban J connectivity index is 2.15. The van der Waals surface area contributed by atoms with Crippen molar-refractivity contribution < 1.29 is 9.47 Å². The van der Waals surface area contributed by atoms with Gasteiger partial charge in [0, 0.05) is 5.33 Å². The number of alkyl halides is 1. The summed E-state index contributed by atoms with van der Waals surface area (Å²) in [5.74, 6) is 0. The van der Waals surface area contributed by atoms with Gasteiger partial charge in [0.05, 0.1) is 13.2 Å². The van der Waals surface area contributed by atoms with Crippen molar-refractivity contribution in [1.82, 2.24) is 0 Å². The van der Waals surface area contributed by atoms with Gasteiger partial charge in [-0.3, -0.25) is 0 Å². The lowest BCUT2D eigenvalue weighted by atomic mass is 9.90. The summed E-state index contributed by atoms with van der Waals surface area (Å²) in [6.07, 6.45) is 2.21. The number of hydrogen-bond acceptors (Lipinski definition) is 2. The summed E-state index contributed by atoms with van der Waals surface area (Å²) in [6, 6.07) is 0. The highest BCUT2D eigenvalue weighted by Gasteiger charge is 2.21. The highest BCUT2D eigenvalue weighted by Crippen LogP contribution is 2.26. The molecule has 72 valence electrons. The third kappa shape index (κ3) is 3.42. The van der Waals surface area contributed by atoms with Gasteiger partial charge in [0.25, 0.3) is 0 Å². The van der Waals surface area contributed by atoms with E-state index in [1.54, 1.807) is 0 Å². The van der Waals surface area contributed by atoms with Crippen molar-refractivity contribution in [2.45, 2.75) is 33.0 Å². The van der Waals surface area contributed by atoms with Crippen LogP contribution >= 0.6 is 15.9 Å². The van der Waals surface area contributed by atoms with Gasteiger partial charge in [0.1, 0.15) is 0 Å². The number of ether oxygens (including phenoxy) is 2. The van der Waals surface area contributed by atoms with Crippen molar-refractivity contribution >= 4 is 15.9 Å². The fourth-order valence-corrected chi connectivity index (χ4v) is 1.43. The normalized spacial score (nSPS) is 20.2. The Morgan fingerprint density at radius 3 is 2.42 bits per heavy atom. The monoisotopic (exact) mass is 236 g/mol. The Morgan fingerprint density at radius 2 is 1.92 bits per heavy atom. The minimum Gasteiger partial charge on any atom is -0.350 e. The van der Waals surface area contributed by atoms with Gasteiger partial charge in [0.15, 0.2) is 6.29 Å². The summed E-state index contributed by atoms with van der Waals surface area (Å²) in [6.45, 7) is 6.02. The van der Waals surface area contributed by atoms with Crippen molar-refractivity contribution in [3.05, 3.63) is 0 Å². The van der Waals surface area contributed by atoms with E-state index in [1.165, 1.54) is 0 Å². The van der Waals surface area contributed by atoms with Gasteiger partial charge in [-0.1, -0.05) is 29.8 Å². The van der Waals surface area contributed by atoms with Crippen LogP contribution in [0.5, 0.6) is 0 Å². The number of hydrogen-bond donors (Lipinski definition) is 0. The molecule has 1 rings (SSSR count). The van der Waals surface area contributed by atoms with E-state index in [4.69, 9.17) is 9.47 Å². The average molecular weight is 237 g/mol. The van der Waals surface area contributed by atoms with E-state index in [1.807, 2.05) is 0 Å². The van der Waals surface area contributed by atoms with Gasteiger partial charge in [0.2, 0.25) is 0 Å². The fourth-order valence-electron chi connectivity index (χ4n) is 1.15.